The van der Waals surface area contributed by atoms with Gasteiger partial charge in [-0.15, -0.1) is 0 Å². The lowest BCUT2D eigenvalue weighted by molar-refractivity contribution is -0.130. The molecular formula is C21H17BrN2O5. The van der Waals surface area contributed by atoms with Crippen molar-refractivity contribution in [2.75, 3.05) is 13.7 Å². The van der Waals surface area contributed by atoms with Crippen LogP contribution in [-0.4, -0.2) is 37.0 Å². The molecule has 0 bridgehead atoms. The van der Waals surface area contributed by atoms with Crippen LogP contribution in [0.15, 0.2) is 58.1 Å². The third-order valence-corrected chi connectivity index (χ3v) is 4.89. The zero-order chi connectivity index (χ0) is 20.4. The molecule has 0 aliphatic carbocycles. The average Bonchev–Trinajstić information content (AvgIpc) is 2.73. The van der Waals surface area contributed by atoms with Crippen LogP contribution in [0.4, 0.5) is 0 Å². The highest BCUT2D eigenvalue weighted by molar-refractivity contribution is 9.10. The topological polar surface area (TPSA) is 89.4 Å². The van der Waals surface area contributed by atoms with Crippen molar-refractivity contribution in [3.05, 3.63) is 58.6 Å². The number of hydrogen-bond donors (Lipinski definition) is 2. The molecule has 2 N–H and O–H groups in total. The van der Waals surface area contributed by atoms with Gasteiger partial charge in [0.25, 0.3) is 5.91 Å². The van der Waals surface area contributed by atoms with E-state index in [4.69, 9.17) is 14.2 Å². The molecule has 0 saturated heterocycles. The van der Waals surface area contributed by atoms with Crippen molar-refractivity contribution in [1.82, 2.24) is 5.43 Å². The van der Waals surface area contributed by atoms with Crippen LogP contribution in [-0.2, 0) is 4.79 Å². The van der Waals surface area contributed by atoms with Gasteiger partial charge in [-0.3, -0.25) is 4.79 Å². The molecule has 4 rings (SSSR count). The van der Waals surface area contributed by atoms with Crippen LogP contribution >= 0.6 is 15.9 Å². The van der Waals surface area contributed by atoms with Crippen molar-refractivity contribution >= 4 is 38.8 Å². The molecule has 29 heavy (non-hydrogen) atoms. The maximum Gasteiger partial charge on any atom is 0.284 e. The lowest BCUT2D eigenvalue weighted by Crippen LogP contribution is -2.42. The molecule has 1 amide bonds. The Morgan fingerprint density at radius 2 is 1.97 bits per heavy atom. The van der Waals surface area contributed by atoms with Gasteiger partial charge in [-0.05, 0) is 35.0 Å². The first-order valence-electron chi connectivity index (χ1n) is 8.77. The predicted octanol–water partition coefficient (Wildman–Crippen LogP) is 3.61. The number of nitrogens with zero attached hydrogens (tertiary/aromatic N) is 1. The van der Waals surface area contributed by atoms with Crippen molar-refractivity contribution in [1.29, 1.82) is 0 Å². The second-order valence-electron chi connectivity index (χ2n) is 6.34. The normalized spacial score (nSPS) is 15.4. The molecule has 0 saturated carbocycles. The van der Waals surface area contributed by atoms with Crippen LogP contribution in [0.5, 0.6) is 23.0 Å². The van der Waals surface area contributed by atoms with Gasteiger partial charge in [-0.25, -0.2) is 5.43 Å². The first kappa shape index (κ1) is 19.1. The van der Waals surface area contributed by atoms with Crippen molar-refractivity contribution in [3.8, 4) is 23.0 Å². The molecule has 0 unspecified atom stereocenters. The van der Waals surface area contributed by atoms with E-state index in [0.29, 0.717) is 27.3 Å². The number of benzene rings is 3. The number of nitrogens with one attached hydrogen (secondary N) is 1. The molecular weight excluding hydrogens is 440 g/mol. The van der Waals surface area contributed by atoms with Gasteiger partial charge in [-0.2, -0.15) is 5.10 Å². The molecule has 3 aromatic rings. The number of carbonyl (C=O) groups is 1. The fraction of sp³-hybridized carbons (Fsp3) is 0.143. The number of phenolic OH excluding ortho intramolecular Hbond substituents is 1. The highest BCUT2D eigenvalue weighted by atomic mass is 79.9. The predicted molar refractivity (Wildman–Crippen MR) is 112 cm³/mol. The van der Waals surface area contributed by atoms with E-state index in [0.717, 1.165) is 10.8 Å². The number of hydrazone groups is 1. The smallest absolute Gasteiger partial charge is 0.284 e. The molecule has 8 heteroatoms. The number of aromatic hydroxyl groups is 1. The minimum absolute atomic E-state index is 0.0721. The molecule has 1 heterocycles. The first-order chi connectivity index (χ1) is 14.0. The van der Waals surface area contributed by atoms with Gasteiger partial charge in [-0.1, -0.05) is 40.2 Å². The summed E-state index contributed by atoms with van der Waals surface area (Å²) in [5, 5.41) is 16.1. The van der Waals surface area contributed by atoms with Gasteiger partial charge in [0.1, 0.15) is 6.61 Å². The van der Waals surface area contributed by atoms with Crippen LogP contribution in [0.25, 0.3) is 10.8 Å². The molecule has 1 aliphatic heterocycles. The summed E-state index contributed by atoms with van der Waals surface area (Å²) in [6.07, 6.45) is 0.484. The third-order valence-electron chi connectivity index (χ3n) is 4.43. The van der Waals surface area contributed by atoms with Crippen LogP contribution in [0.3, 0.4) is 0 Å². The minimum atomic E-state index is -0.841. The van der Waals surface area contributed by atoms with E-state index in [9.17, 15) is 9.90 Å². The Balaban J connectivity index is 1.46. The number of carbonyl (C=O) groups excluding carboxylic acids is 1. The van der Waals surface area contributed by atoms with Gasteiger partial charge in [0, 0.05) is 10.0 Å². The summed E-state index contributed by atoms with van der Waals surface area (Å²) >= 11 is 3.33. The van der Waals surface area contributed by atoms with Gasteiger partial charge in [0.05, 0.1) is 13.3 Å². The Morgan fingerprint density at radius 3 is 2.69 bits per heavy atom. The van der Waals surface area contributed by atoms with Gasteiger partial charge in [0.15, 0.2) is 23.0 Å². The first-order valence-corrected chi connectivity index (χ1v) is 9.56. The Morgan fingerprint density at radius 1 is 1.24 bits per heavy atom. The molecule has 1 atom stereocenters. The van der Waals surface area contributed by atoms with E-state index in [-0.39, 0.29) is 12.4 Å². The quantitative estimate of drug-likeness (QED) is 0.462. The van der Waals surface area contributed by atoms with E-state index in [1.165, 1.54) is 13.3 Å². The number of phenols is 1. The minimum Gasteiger partial charge on any atom is -0.504 e. The highest BCUT2D eigenvalue weighted by Crippen LogP contribution is 2.36. The average molecular weight is 457 g/mol. The molecule has 7 nitrogen and oxygen atoms in total. The number of rotatable bonds is 4. The number of halogens is 1. The maximum absolute atomic E-state index is 12.4. The van der Waals surface area contributed by atoms with Crippen molar-refractivity contribution in [3.63, 3.8) is 0 Å². The Kier molecular flexibility index (Phi) is 5.26. The van der Waals surface area contributed by atoms with E-state index in [1.807, 2.05) is 36.4 Å². The standard InChI is InChI=1S/C21H17BrN2O5/c1-27-18-9-15(22)6-14(20(18)25)10-23-24-21(26)19-11-28-16-7-12-4-2-3-5-13(12)8-17(16)29-19/h2-10,19,25H,11H2,1H3,(H,24,26)/b23-10+/t19-/m0/s1. The summed E-state index contributed by atoms with van der Waals surface area (Å²) in [6, 6.07) is 14.8. The second-order valence-corrected chi connectivity index (χ2v) is 7.26. The molecule has 0 spiro atoms. The van der Waals surface area contributed by atoms with Gasteiger partial charge >= 0.3 is 0 Å². The molecule has 148 valence electrons. The Labute approximate surface area is 175 Å². The van der Waals surface area contributed by atoms with Gasteiger partial charge in [0.2, 0.25) is 6.10 Å². The van der Waals surface area contributed by atoms with Crippen LogP contribution in [0, 0.1) is 0 Å². The monoisotopic (exact) mass is 456 g/mol. The zero-order valence-corrected chi connectivity index (χ0v) is 17.0. The Bertz CT molecular complexity index is 1120. The van der Waals surface area contributed by atoms with Crippen LogP contribution in [0.1, 0.15) is 5.56 Å². The van der Waals surface area contributed by atoms with E-state index in [2.05, 4.69) is 26.5 Å². The van der Waals surface area contributed by atoms with E-state index in [1.54, 1.807) is 12.1 Å². The number of fused-ring (bicyclic) bond motifs is 2. The summed E-state index contributed by atoms with van der Waals surface area (Å²) in [4.78, 5) is 12.4. The fourth-order valence-electron chi connectivity index (χ4n) is 2.97. The summed E-state index contributed by atoms with van der Waals surface area (Å²) < 4.78 is 17.3. The second kappa shape index (κ2) is 8.00. The number of ether oxygens (including phenoxy) is 3. The lowest BCUT2D eigenvalue weighted by Gasteiger charge is -2.25. The van der Waals surface area contributed by atoms with Crippen molar-refractivity contribution in [2.24, 2.45) is 5.10 Å². The van der Waals surface area contributed by atoms with Gasteiger partial charge < -0.3 is 19.3 Å². The molecule has 1 aliphatic rings. The molecule has 3 aromatic carbocycles. The Hall–Kier alpha value is -3.26. The zero-order valence-electron chi connectivity index (χ0n) is 15.4. The molecule has 0 aromatic heterocycles. The third kappa shape index (κ3) is 3.97. The molecule has 0 radical (unpaired) electrons. The summed E-state index contributed by atoms with van der Waals surface area (Å²) in [5.74, 6) is 0.865. The highest BCUT2D eigenvalue weighted by Gasteiger charge is 2.27. The summed E-state index contributed by atoms with van der Waals surface area (Å²) in [5.41, 5.74) is 2.79. The number of methoxy groups -OCH3 is 1. The van der Waals surface area contributed by atoms with Crippen LogP contribution in [0.2, 0.25) is 0 Å². The fourth-order valence-corrected chi connectivity index (χ4v) is 3.43. The van der Waals surface area contributed by atoms with E-state index < -0.39 is 12.0 Å². The summed E-state index contributed by atoms with van der Waals surface area (Å²) in [7, 11) is 1.45. The van der Waals surface area contributed by atoms with Crippen molar-refractivity contribution < 1.29 is 24.1 Å². The number of amides is 1. The lowest BCUT2D eigenvalue weighted by atomic mass is 10.1. The molecule has 0 fully saturated rings. The summed E-state index contributed by atoms with van der Waals surface area (Å²) in [6.45, 7) is 0.0721. The largest absolute Gasteiger partial charge is 0.504 e. The SMILES string of the molecule is COc1cc(Br)cc(/C=N/NC(=O)[C@@H]2COc3cc4ccccc4cc3O2)c1O. The van der Waals surface area contributed by atoms with Crippen molar-refractivity contribution in [2.45, 2.75) is 6.10 Å². The number of hydrogen-bond acceptors (Lipinski definition) is 6. The maximum atomic E-state index is 12.4. The van der Waals surface area contributed by atoms with E-state index >= 15 is 0 Å². The van der Waals surface area contributed by atoms with Crippen LogP contribution < -0.4 is 19.6 Å².